The number of nitrogens with zero attached hydrogens (tertiary/aromatic N) is 1. The van der Waals surface area contributed by atoms with Crippen LogP contribution in [0.5, 0.6) is 5.75 Å². The van der Waals surface area contributed by atoms with Crippen molar-refractivity contribution in [2.75, 3.05) is 38.6 Å². The Balaban J connectivity index is 1.83. The van der Waals surface area contributed by atoms with Gasteiger partial charge >= 0.3 is 0 Å². The topological polar surface area (TPSA) is 53.6 Å². The molecular formula is C14H21N3O2. The van der Waals surface area contributed by atoms with E-state index < -0.39 is 0 Å². The Labute approximate surface area is 113 Å². The van der Waals surface area contributed by atoms with Crippen molar-refractivity contribution in [2.24, 2.45) is 0 Å². The van der Waals surface area contributed by atoms with E-state index in [0.717, 1.165) is 31.1 Å². The van der Waals surface area contributed by atoms with Crippen molar-refractivity contribution in [1.82, 2.24) is 10.2 Å². The van der Waals surface area contributed by atoms with Crippen molar-refractivity contribution in [3.8, 4) is 5.75 Å². The quantitative estimate of drug-likeness (QED) is 0.848. The summed E-state index contributed by atoms with van der Waals surface area (Å²) in [4.78, 5) is 14.1. The van der Waals surface area contributed by atoms with Crippen LogP contribution in [0.3, 0.4) is 0 Å². The predicted molar refractivity (Wildman–Crippen MR) is 75.5 cm³/mol. The fourth-order valence-electron chi connectivity index (χ4n) is 2.23. The van der Waals surface area contributed by atoms with Gasteiger partial charge in [-0.15, -0.1) is 0 Å². The summed E-state index contributed by atoms with van der Waals surface area (Å²) in [5.74, 6) is 0.813. The third-order valence-electron chi connectivity index (χ3n) is 3.19. The SMILES string of the molecule is COc1ccc(NC(=O)CN2CCN[C@@H](C)C2)cc1. The van der Waals surface area contributed by atoms with Gasteiger partial charge in [0.2, 0.25) is 5.91 Å². The van der Waals surface area contributed by atoms with Crippen LogP contribution in [0.1, 0.15) is 6.92 Å². The lowest BCUT2D eigenvalue weighted by atomic mass is 10.2. The fraction of sp³-hybridized carbons (Fsp3) is 0.500. The van der Waals surface area contributed by atoms with Crippen molar-refractivity contribution in [2.45, 2.75) is 13.0 Å². The van der Waals surface area contributed by atoms with Gasteiger partial charge in [0.15, 0.2) is 0 Å². The number of carbonyl (C=O) groups is 1. The number of ether oxygens (including phenoxy) is 1. The van der Waals surface area contributed by atoms with E-state index in [1.807, 2.05) is 24.3 Å². The third-order valence-corrected chi connectivity index (χ3v) is 3.19. The van der Waals surface area contributed by atoms with Gasteiger partial charge in [-0.3, -0.25) is 9.69 Å². The van der Waals surface area contributed by atoms with Crippen LogP contribution in [0.15, 0.2) is 24.3 Å². The predicted octanol–water partition coefficient (Wildman–Crippen LogP) is 0.927. The lowest BCUT2D eigenvalue weighted by Crippen LogP contribution is -2.51. The normalized spacial score (nSPS) is 20.0. The van der Waals surface area contributed by atoms with Gasteiger partial charge in [0.05, 0.1) is 13.7 Å². The maximum atomic E-state index is 11.9. The minimum absolute atomic E-state index is 0.0271. The lowest BCUT2D eigenvalue weighted by molar-refractivity contribution is -0.117. The molecule has 1 aromatic rings. The number of benzene rings is 1. The molecule has 19 heavy (non-hydrogen) atoms. The summed E-state index contributed by atoms with van der Waals surface area (Å²) in [7, 11) is 1.62. The van der Waals surface area contributed by atoms with Gasteiger partial charge in [-0.1, -0.05) is 0 Å². The Bertz CT molecular complexity index is 419. The van der Waals surface area contributed by atoms with E-state index in [1.165, 1.54) is 0 Å². The first-order chi connectivity index (χ1) is 9.17. The zero-order valence-electron chi connectivity index (χ0n) is 11.5. The standard InChI is InChI=1S/C14H21N3O2/c1-11-9-17(8-7-15-11)10-14(18)16-12-3-5-13(19-2)6-4-12/h3-6,11,15H,7-10H2,1-2H3,(H,16,18)/t11-/m0/s1. The Kier molecular flexibility index (Phi) is 4.76. The smallest absolute Gasteiger partial charge is 0.238 e. The fourth-order valence-corrected chi connectivity index (χ4v) is 2.23. The summed E-state index contributed by atoms with van der Waals surface area (Å²) < 4.78 is 5.08. The molecule has 0 aromatic heterocycles. The van der Waals surface area contributed by atoms with E-state index in [0.29, 0.717) is 12.6 Å². The minimum Gasteiger partial charge on any atom is -0.497 e. The second kappa shape index (κ2) is 6.54. The second-order valence-corrected chi connectivity index (χ2v) is 4.87. The molecule has 1 heterocycles. The van der Waals surface area contributed by atoms with Crippen LogP contribution in [0.25, 0.3) is 0 Å². The van der Waals surface area contributed by atoms with E-state index >= 15 is 0 Å². The van der Waals surface area contributed by atoms with Crippen LogP contribution in [0, 0.1) is 0 Å². The van der Waals surface area contributed by atoms with Crippen LogP contribution >= 0.6 is 0 Å². The molecule has 5 nitrogen and oxygen atoms in total. The van der Waals surface area contributed by atoms with Crippen molar-refractivity contribution >= 4 is 11.6 Å². The summed E-state index contributed by atoms with van der Waals surface area (Å²) in [6.07, 6.45) is 0. The first kappa shape index (κ1) is 13.8. The molecule has 0 aliphatic carbocycles. The van der Waals surface area contributed by atoms with Crippen LogP contribution < -0.4 is 15.4 Å². The number of hydrogen-bond acceptors (Lipinski definition) is 4. The Hall–Kier alpha value is -1.59. The van der Waals surface area contributed by atoms with Crippen molar-refractivity contribution in [3.63, 3.8) is 0 Å². The average Bonchev–Trinajstić information content (AvgIpc) is 2.39. The molecule has 2 rings (SSSR count). The highest BCUT2D eigenvalue weighted by atomic mass is 16.5. The summed E-state index contributed by atoms with van der Waals surface area (Å²) in [6, 6.07) is 7.81. The molecular weight excluding hydrogens is 242 g/mol. The minimum atomic E-state index is 0.0271. The summed E-state index contributed by atoms with van der Waals surface area (Å²) in [5, 5.41) is 6.26. The highest BCUT2D eigenvalue weighted by Crippen LogP contribution is 2.14. The molecule has 1 atom stereocenters. The molecule has 0 bridgehead atoms. The summed E-state index contributed by atoms with van der Waals surface area (Å²) >= 11 is 0. The van der Waals surface area contributed by atoms with Crippen molar-refractivity contribution in [1.29, 1.82) is 0 Å². The maximum absolute atomic E-state index is 11.9. The van der Waals surface area contributed by atoms with Gasteiger partial charge in [-0.05, 0) is 31.2 Å². The number of nitrogens with one attached hydrogen (secondary N) is 2. The molecule has 104 valence electrons. The third kappa shape index (κ3) is 4.22. The molecule has 0 saturated carbocycles. The van der Waals surface area contributed by atoms with Gasteiger partial charge in [-0.2, -0.15) is 0 Å². The van der Waals surface area contributed by atoms with Gasteiger partial charge in [0.1, 0.15) is 5.75 Å². The molecule has 5 heteroatoms. The Morgan fingerprint density at radius 3 is 2.84 bits per heavy atom. The molecule has 1 aliphatic heterocycles. The zero-order valence-corrected chi connectivity index (χ0v) is 11.5. The molecule has 1 aliphatic rings. The van der Waals surface area contributed by atoms with E-state index in [9.17, 15) is 4.79 Å². The number of carbonyl (C=O) groups excluding carboxylic acids is 1. The first-order valence-electron chi connectivity index (χ1n) is 6.57. The molecule has 1 saturated heterocycles. The van der Waals surface area contributed by atoms with Crippen LogP contribution in [0.4, 0.5) is 5.69 Å². The van der Waals surface area contributed by atoms with E-state index in [-0.39, 0.29) is 5.91 Å². The Morgan fingerprint density at radius 1 is 1.47 bits per heavy atom. The van der Waals surface area contributed by atoms with E-state index in [4.69, 9.17) is 4.74 Å². The second-order valence-electron chi connectivity index (χ2n) is 4.87. The molecule has 0 spiro atoms. The van der Waals surface area contributed by atoms with Gasteiger partial charge in [-0.25, -0.2) is 0 Å². The molecule has 1 aromatic carbocycles. The maximum Gasteiger partial charge on any atom is 0.238 e. The Morgan fingerprint density at radius 2 is 2.21 bits per heavy atom. The summed E-state index contributed by atoms with van der Waals surface area (Å²) in [5.41, 5.74) is 0.800. The van der Waals surface area contributed by atoms with Crippen molar-refractivity contribution < 1.29 is 9.53 Å². The molecule has 0 unspecified atom stereocenters. The zero-order chi connectivity index (χ0) is 13.7. The van der Waals surface area contributed by atoms with E-state index in [1.54, 1.807) is 7.11 Å². The number of methoxy groups -OCH3 is 1. The van der Waals surface area contributed by atoms with Crippen LogP contribution in [0.2, 0.25) is 0 Å². The number of anilines is 1. The first-order valence-corrected chi connectivity index (χ1v) is 6.57. The molecule has 1 fully saturated rings. The lowest BCUT2D eigenvalue weighted by Gasteiger charge is -2.31. The molecule has 1 amide bonds. The van der Waals surface area contributed by atoms with Crippen LogP contribution in [-0.4, -0.2) is 50.1 Å². The van der Waals surface area contributed by atoms with Gasteiger partial charge < -0.3 is 15.4 Å². The van der Waals surface area contributed by atoms with E-state index in [2.05, 4.69) is 22.5 Å². The number of amides is 1. The highest BCUT2D eigenvalue weighted by molar-refractivity contribution is 5.92. The highest BCUT2D eigenvalue weighted by Gasteiger charge is 2.17. The number of piperazine rings is 1. The largest absolute Gasteiger partial charge is 0.497 e. The summed E-state index contributed by atoms with van der Waals surface area (Å²) in [6.45, 7) is 5.35. The van der Waals surface area contributed by atoms with Crippen molar-refractivity contribution in [3.05, 3.63) is 24.3 Å². The number of rotatable bonds is 4. The monoisotopic (exact) mass is 263 g/mol. The van der Waals surface area contributed by atoms with Crippen LogP contribution in [-0.2, 0) is 4.79 Å². The van der Waals surface area contributed by atoms with Gasteiger partial charge in [0.25, 0.3) is 0 Å². The molecule has 0 radical (unpaired) electrons. The van der Waals surface area contributed by atoms with Gasteiger partial charge in [0, 0.05) is 31.4 Å². The average molecular weight is 263 g/mol. The number of hydrogen-bond donors (Lipinski definition) is 2. The molecule has 2 N–H and O–H groups in total.